The number of nitrogens with zero attached hydrogens (tertiary/aromatic N) is 10. The van der Waals surface area contributed by atoms with Crippen LogP contribution < -0.4 is 21.2 Å². The third kappa shape index (κ3) is 8.66. The molecule has 7 heterocycles. The quantitative estimate of drug-likeness (QED) is 0.126. The molecule has 3 amide bonds. The summed E-state index contributed by atoms with van der Waals surface area (Å²) in [6, 6.07) is 6.09. The number of carbonyl (C=O) groups is 3. The lowest BCUT2D eigenvalue weighted by atomic mass is 9.85. The maximum absolute atomic E-state index is 14.3. The zero-order valence-corrected chi connectivity index (χ0v) is 34.5. The van der Waals surface area contributed by atoms with Gasteiger partial charge in [-0.15, -0.1) is 0 Å². The fourth-order valence-electron chi connectivity index (χ4n) is 9.19. The zero-order valence-electron chi connectivity index (χ0n) is 34.5. The molecule has 0 spiro atoms. The molecule has 0 bridgehead atoms. The summed E-state index contributed by atoms with van der Waals surface area (Å²) < 4.78 is 66.6. The number of imidazole rings is 1. The molecule has 0 radical (unpaired) electrons. The van der Waals surface area contributed by atoms with Crippen molar-refractivity contribution >= 4 is 45.9 Å². The molecule has 4 aliphatic rings. The first-order valence-corrected chi connectivity index (χ1v) is 21.1. The number of alkyl halides is 4. The van der Waals surface area contributed by atoms with Crippen LogP contribution in [-0.2, 0) is 21.4 Å². The Kier molecular flexibility index (Phi) is 11.5. The average molecular weight is 875 g/mol. The molecule has 3 saturated heterocycles. The van der Waals surface area contributed by atoms with Gasteiger partial charge in [0.1, 0.15) is 24.0 Å². The molecule has 1 aromatic carbocycles. The van der Waals surface area contributed by atoms with Crippen LogP contribution in [0.2, 0.25) is 0 Å². The Morgan fingerprint density at radius 2 is 1.81 bits per heavy atom. The molecule has 3 aliphatic heterocycles. The molecule has 17 nitrogen and oxygen atoms in total. The van der Waals surface area contributed by atoms with Crippen molar-refractivity contribution in [1.82, 2.24) is 48.6 Å². The van der Waals surface area contributed by atoms with Gasteiger partial charge in [-0.25, -0.2) is 23.1 Å². The van der Waals surface area contributed by atoms with Crippen molar-refractivity contribution in [3.05, 3.63) is 70.2 Å². The lowest BCUT2D eigenvalue weighted by Gasteiger charge is -2.37. The zero-order chi connectivity index (χ0) is 44.0. The van der Waals surface area contributed by atoms with Gasteiger partial charge in [0, 0.05) is 65.1 Å². The number of morpholine rings is 1. The van der Waals surface area contributed by atoms with Crippen molar-refractivity contribution in [1.29, 1.82) is 0 Å². The number of piperazine rings is 1. The summed E-state index contributed by atoms with van der Waals surface area (Å²) in [6.45, 7) is 4.19. The van der Waals surface area contributed by atoms with Gasteiger partial charge in [0.05, 0.1) is 47.7 Å². The van der Waals surface area contributed by atoms with E-state index in [1.54, 1.807) is 13.1 Å². The van der Waals surface area contributed by atoms with Gasteiger partial charge in [0.15, 0.2) is 11.3 Å². The van der Waals surface area contributed by atoms with E-state index in [0.717, 1.165) is 58.4 Å². The molecule has 1 saturated carbocycles. The number of imide groups is 1. The van der Waals surface area contributed by atoms with Gasteiger partial charge < -0.3 is 19.9 Å². The Morgan fingerprint density at radius 3 is 2.56 bits per heavy atom. The summed E-state index contributed by atoms with van der Waals surface area (Å²) in [7, 11) is 1.66. The summed E-state index contributed by atoms with van der Waals surface area (Å²) in [5.74, 6) is 5.61. The molecule has 1 atom stereocenters. The van der Waals surface area contributed by atoms with Crippen LogP contribution in [0.1, 0.15) is 78.6 Å². The van der Waals surface area contributed by atoms with Crippen molar-refractivity contribution in [2.45, 2.75) is 63.1 Å². The monoisotopic (exact) mass is 874 g/mol. The van der Waals surface area contributed by atoms with Gasteiger partial charge >= 0.3 is 11.8 Å². The lowest BCUT2D eigenvalue weighted by molar-refractivity contribution is -0.240. The van der Waals surface area contributed by atoms with Crippen LogP contribution in [0.15, 0.2) is 47.7 Å². The molecule has 21 heteroatoms. The van der Waals surface area contributed by atoms with E-state index in [-0.39, 0.29) is 66.3 Å². The Balaban J connectivity index is 0.770. The molecule has 332 valence electrons. The Morgan fingerprint density at radius 1 is 1.03 bits per heavy atom. The first-order valence-electron chi connectivity index (χ1n) is 21.1. The Hall–Kier alpha value is -6.11. The number of rotatable bonds is 9. The van der Waals surface area contributed by atoms with Crippen LogP contribution in [0.5, 0.6) is 0 Å². The van der Waals surface area contributed by atoms with Crippen LogP contribution in [0.25, 0.3) is 16.7 Å². The number of benzene rings is 1. The molecule has 63 heavy (non-hydrogen) atoms. The number of aromatic nitrogens is 7. The highest BCUT2D eigenvalue weighted by Crippen LogP contribution is 2.36. The van der Waals surface area contributed by atoms with Gasteiger partial charge in [0.2, 0.25) is 11.8 Å². The number of aryl methyl sites for hydroxylation is 1. The number of nitrogens with one attached hydrogen (secondary N) is 2. The molecule has 1 aliphatic carbocycles. The van der Waals surface area contributed by atoms with Crippen molar-refractivity contribution in [3.63, 3.8) is 0 Å². The standard InChI is InChI=1S/C42H46F4N12O5/c1-52-36-27(4-2-6-31(36)58(41(52)62)32-11-12-34(59)50-40(32)61)5-3-14-53-16-18-54(19-17-53)23-26-7-9-28(10-8-26)57-24-30(35(51-57)37(43)44)48-39(60)29-22-47-56-15-13-33(49-38(29)56)55-20-21-63-42(45,46)25-55/h2,4,6,13,15,22,24,26,28,32,37H,7-12,14,16-21,23,25H2,1H3,(H,48,60)(H,50,59,61)/t26-,28-,32?. The highest BCUT2D eigenvalue weighted by molar-refractivity contribution is 6.08. The van der Waals surface area contributed by atoms with Crippen molar-refractivity contribution in [3.8, 4) is 11.8 Å². The van der Waals surface area contributed by atoms with Crippen molar-refractivity contribution < 1.29 is 36.7 Å². The van der Waals surface area contributed by atoms with Crippen LogP contribution in [0, 0.1) is 17.8 Å². The number of fused-ring (bicyclic) bond motifs is 2. The molecular weight excluding hydrogens is 829 g/mol. The molecule has 5 aromatic rings. The van der Waals surface area contributed by atoms with E-state index in [1.165, 1.54) is 47.9 Å². The molecule has 9 rings (SSSR count). The fraction of sp³-hybridized carbons (Fsp3) is 0.500. The number of anilines is 2. The predicted octanol–water partition coefficient (Wildman–Crippen LogP) is 3.58. The molecule has 1 unspecified atom stereocenters. The maximum atomic E-state index is 14.3. The lowest BCUT2D eigenvalue weighted by Crippen LogP contribution is -2.48. The minimum atomic E-state index is -3.35. The third-order valence-electron chi connectivity index (χ3n) is 12.5. The molecular formula is C42H46F4N12O5. The number of halogens is 4. The largest absolute Gasteiger partial charge is 0.373 e. The first kappa shape index (κ1) is 42.2. The van der Waals surface area contributed by atoms with Gasteiger partial charge in [-0.1, -0.05) is 17.9 Å². The minimum Gasteiger partial charge on any atom is -0.345 e. The molecule has 4 aromatic heterocycles. The van der Waals surface area contributed by atoms with E-state index in [9.17, 15) is 36.7 Å². The number of para-hydroxylation sites is 1. The fourth-order valence-corrected chi connectivity index (χ4v) is 9.19. The second-order valence-electron chi connectivity index (χ2n) is 16.6. The van der Waals surface area contributed by atoms with Gasteiger partial charge in [-0.05, 0) is 56.2 Å². The number of piperidine rings is 1. The second-order valence-corrected chi connectivity index (χ2v) is 16.6. The maximum Gasteiger partial charge on any atom is 0.373 e. The van der Waals surface area contributed by atoms with E-state index >= 15 is 0 Å². The summed E-state index contributed by atoms with van der Waals surface area (Å²) in [5, 5.41) is 13.3. The van der Waals surface area contributed by atoms with Gasteiger partial charge in [-0.2, -0.15) is 19.0 Å². The topological polar surface area (TPSA) is 169 Å². The van der Waals surface area contributed by atoms with E-state index in [0.29, 0.717) is 29.1 Å². The summed E-state index contributed by atoms with van der Waals surface area (Å²) >= 11 is 0. The number of amides is 3. The van der Waals surface area contributed by atoms with Crippen molar-refractivity contribution in [2.75, 3.05) is 69.2 Å². The smallest absolute Gasteiger partial charge is 0.345 e. The normalized spacial score (nSPS) is 22.4. The van der Waals surface area contributed by atoms with Crippen molar-refractivity contribution in [2.24, 2.45) is 13.0 Å². The number of carbonyl (C=O) groups excluding carboxylic acids is 3. The Labute approximate surface area is 357 Å². The van der Waals surface area contributed by atoms with E-state index < -0.39 is 42.6 Å². The highest BCUT2D eigenvalue weighted by atomic mass is 19.3. The SMILES string of the molecule is Cn1c(=O)n(C2CCC(=O)NC2=O)c2cccc(C#CCN3CCN(C[C@H]4CC[C@H](n5cc(NC(=O)c6cnn7ccc(N8CCOC(F)(F)C8)nc67)c(C(F)F)n5)CC4)CC3)c21. The summed E-state index contributed by atoms with van der Waals surface area (Å²) in [4.78, 5) is 61.5. The number of ether oxygens (including phenoxy) is 1. The highest BCUT2D eigenvalue weighted by Gasteiger charge is 2.38. The van der Waals surface area contributed by atoms with Crippen LogP contribution >= 0.6 is 0 Å². The van der Waals surface area contributed by atoms with Crippen LogP contribution in [0.4, 0.5) is 29.1 Å². The van der Waals surface area contributed by atoms with Gasteiger partial charge in [-0.3, -0.25) is 38.4 Å². The van der Waals surface area contributed by atoms with Gasteiger partial charge in [0.25, 0.3) is 12.3 Å². The second kappa shape index (κ2) is 17.2. The summed E-state index contributed by atoms with van der Waals surface area (Å²) in [5.41, 5.74) is 1.01. The van der Waals surface area contributed by atoms with Crippen LogP contribution in [-0.4, -0.2) is 126 Å². The van der Waals surface area contributed by atoms with E-state index in [2.05, 4.69) is 52.2 Å². The Bertz CT molecular complexity index is 2680. The summed E-state index contributed by atoms with van der Waals surface area (Å²) in [6.07, 6.45) is 1.60. The number of hydrogen-bond donors (Lipinski definition) is 2. The molecule has 2 N–H and O–H groups in total. The van der Waals surface area contributed by atoms with E-state index in [4.69, 9.17) is 0 Å². The average Bonchev–Trinajstić information content (AvgIpc) is 3.96. The first-order chi connectivity index (χ1) is 30.3. The van der Waals surface area contributed by atoms with Crippen LogP contribution in [0.3, 0.4) is 0 Å². The van der Waals surface area contributed by atoms with E-state index in [1.807, 2.05) is 12.1 Å². The third-order valence-corrected chi connectivity index (χ3v) is 12.5. The molecule has 4 fully saturated rings. The predicted molar refractivity (Wildman–Crippen MR) is 221 cm³/mol. The minimum absolute atomic E-state index is 0.0115. The number of hydrogen-bond acceptors (Lipinski definition) is 11.